The quantitative estimate of drug-likeness (QED) is 0.591. The van der Waals surface area contributed by atoms with E-state index in [4.69, 9.17) is 4.74 Å². The molecule has 0 aliphatic rings. The van der Waals surface area contributed by atoms with Gasteiger partial charge in [-0.25, -0.2) is 0 Å². The van der Waals surface area contributed by atoms with Crippen LogP contribution in [0, 0.1) is 27.7 Å². The number of Topliss-reactive ketones (excluding diaryl/α,β-unsaturated/α-hetero) is 1. The van der Waals surface area contributed by atoms with Gasteiger partial charge in [-0.3, -0.25) is 14.4 Å². The summed E-state index contributed by atoms with van der Waals surface area (Å²) in [7, 11) is 0. The van der Waals surface area contributed by atoms with Crippen LogP contribution in [-0.4, -0.2) is 24.3 Å². The number of carbonyl (C=O) groups excluding carboxylic acids is 3. The van der Waals surface area contributed by atoms with Crippen LogP contribution in [0.3, 0.4) is 0 Å². The predicted octanol–water partition coefficient (Wildman–Crippen LogP) is 4.07. The maximum Gasteiger partial charge on any atom is 0.306 e. The largest absolute Gasteiger partial charge is 0.456 e. The number of hydrogen-bond acceptors (Lipinski definition) is 4. The Balaban J connectivity index is 1.80. The molecule has 0 heterocycles. The lowest BCUT2D eigenvalue weighted by molar-refractivity contribution is -0.147. The molecule has 0 saturated carbocycles. The van der Waals surface area contributed by atoms with E-state index in [1.54, 1.807) is 0 Å². The van der Waals surface area contributed by atoms with Crippen LogP contribution in [0.4, 0.5) is 5.69 Å². The van der Waals surface area contributed by atoms with E-state index < -0.39 is 11.9 Å². The van der Waals surface area contributed by atoms with Gasteiger partial charge in [0.25, 0.3) is 5.91 Å². The Kier molecular flexibility index (Phi) is 6.88. The Labute approximate surface area is 159 Å². The molecule has 0 fully saturated rings. The zero-order chi connectivity index (χ0) is 20.0. The Morgan fingerprint density at radius 2 is 1.48 bits per heavy atom. The van der Waals surface area contributed by atoms with Gasteiger partial charge < -0.3 is 10.1 Å². The highest BCUT2D eigenvalue weighted by atomic mass is 16.5. The van der Waals surface area contributed by atoms with Crippen molar-refractivity contribution in [1.29, 1.82) is 0 Å². The Morgan fingerprint density at radius 1 is 0.852 bits per heavy atom. The van der Waals surface area contributed by atoms with E-state index in [0.29, 0.717) is 11.3 Å². The maximum absolute atomic E-state index is 12.3. The van der Waals surface area contributed by atoms with Crippen LogP contribution in [0.2, 0.25) is 0 Å². The molecule has 2 aromatic carbocycles. The van der Waals surface area contributed by atoms with E-state index in [9.17, 15) is 14.4 Å². The molecule has 1 N–H and O–H groups in total. The Bertz CT molecular complexity index is 871. The predicted molar refractivity (Wildman–Crippen MR) is 105 cm³/mol. The number of esters is 1. The zero-order valence-corrected chi connectivity index (χ0v) is 16.2. The highest BCUT2D eigenvalue weighted by molar-refractivity contribution is 5.99. The Morgan fingerprint density at radius 3 is 2.19 bits per heavy atom. The van der Waals surface area contributed by atoms with Crippen LogP contribution in [0.25, 0.3) is 0 Å². The summed E-state index contributed by atoms with van der Waals surface area (Å²) in [4.78, 5) is 36.1. The average molecular weight is 367 g/mol. The van der Waals surface area contributed by atoms with E-state index in [1.165, 1.54) is 0 Å². The van der Waals surface area contributed by atoms with Gasteiger partial charge in [0.1, 0.15) is 0 Å². The minimum atomic E-state index is -0.565. The van der Waals surface area contributed by atoms with Crippen LogP contribution in [0.5, 0.6) is 0 Å². The average Bonchev–Trinajstić information content (AvgIpc) is 2.63. The third-order valence-electron chi connectivity index (χ3n) is 4.28. The lowest BCUT2D eigenvalue weighted by Crippen LogP contribution is -2.21. The van der Waals surface area contributed by atoms with Crippen molar-refractivity contribution in [2.75, 3.05) is 11.9 Å². The SMILES string of the molecule is Cc1ccc(C)c(NC(=O)COC(=O)CCC(=O)c2cc(C)ccc2C)c1. The number of nitrogens with one attached hydrogen (secondary N) is 1. The monoisotopic (exact) mass is 367 g/mol. The minimum absolute atomic E-state index is 0.0526. The van der Waals surface area contributed by atoms with Crippen LogP contribution in [0.15, 0.2) is 36.4 Å². The topological polar surface area (TPSA) is 72.5 Å². The third kappa shape index (κ3) is 6.06. The molecule has 5 heteroatoms. The summed E-state index contributed by atoms with van der Waals surface area (Å²) < 4.78 is 4.98. The number of carbonyl (C=O) groups is 3. The van der Waals surface area contributed by atoms with E-state index in [-0.39, 0.29) is 25.2 Å². The van der Waals surface area contributed by atoms with E-state index >= 15 is 0 Å². The molecular weight excluding hydrogens is 342 g/mol. The molecule has 0 saturated heterocycles. The fourth-order valence-corrected chi connectivity index (χ4v) is 2.66. The van der Waals surface area contributed by atoms with Crippen molar-refractivity contribution in [3.63, 3.8) is 0 Å². The second-order valence-electron chi connectivity index (χ2n) is 6.77. The number of amides is 1. The molecule has 0 atom stereocenters. The Hall–Kier alpha value is -2.95. The van der Waals surface area contributed by atoms with Crippen molar-refractivity contribution in [3.8, 4) is 0 Å². The summed E-state index contributed by atoms with van der Waals surface area (Å²) >= 11 is 0. The normalized spacial score (nSPS) is 10.4. The van der Waals surface area contributed by atoms with Gasteiger partial charge in [-0.1, -0.05) is 29.8 Å². The number of rotatable bonds is 7. The van der Waals surface area contributed by atoms with E-state index in [2.05, 4.69) is 5.32 Å². The standard InChI is InChI=1S/C22H25NO4/c1-14-5-7-16(3)18(11-14)20(24)9-10-22(26)27-13-21(25)23-19-12-15(2)6-8-17(19)4/h5-8,11-12H,9-10,13H2,1-4H3,(H,23,25). The number of anilines is 1. The van der Waals surface area contributed by atoms with Gasteiger partial charge in [0.15, 0.2) is 12.4 Å². The fraction of sp³-hybridized carbons (Fsp3) is 0.318. The minimum Gasteiger partial charge on any atom is -0.456 e. The summed E-state index contributed by atoms with van der Waals surface area (Å²) in [6, 6.07) is 11.4. The molecular formula is C22H25NO4. The highest BCUT2D eigenvalue weighted by Gasteiger charge is 2.14. The molecule has 0 aliphatic heterocycles. The first kappa shape index (κ1) is 20.4. The van der Waals surface area contributed by atoms with Crippen molar-refractivity contribution in [2.45, 2.75) is 40.5 Å². The first-order valence-electron chi connectivity index (χ1n) is 8.89. The van der Waals surface area contributed by atoms with Crippen LogP contribution in [-0.2, 0) is 14.3 Å². The number of aryl methyl sites for hydroxylation is 4. The third-order valence-corrected chi connectivity index (χ3v) is 4.28. The second kappa shape index (κ2) is 9.12. The molecule has 0 unspecified atom stereocenters. The van der Waals surface area contributed by atoms with Crippen molar-refractivity contribution in [3.05, 3.63) is 64.2 Å². The van der Waals surface area contributed by atoms with Crippen molar-refractivity contribution in [1.82, 2.24) is 0 Å². The molecule has 0 spiro atoms. The van der Waals surface area contributed by atoms with Gasteiger partial charge in [0, 0.05) is 17.7 Å². The van der Waals surface area contributed by atoms with Gasteiger partial charge in [0.05, 0.1) is 6.42 Å². The summed E-state index contributed by atoms with van der Waals surface area (Å²) in [5.41, 5.74) is 5.15. The molecule has 0 bridgehead atoms. The fourth-order valence-electron chi connectivity index (χ4n) is 2.66. The molecule has 142 valence electrons. The van der Waals surface area contributed by atoms with E-state index in [1.807, 2.05) is 64.1 Å². The van der Waals surface area contributed by atoms with Crippen LogP contribution >= 0.6 is 0 Å². The first-order valence-corrected chi connectivity index (χ1v) is 8.89. The smallest absolute Gasteiger partial charge is 0.306 e. The second-order valence-corrected chi connectivity index (χ2v) is 6.77. The summed E-state index contributed by atoms with van der Waals surface area (Å²) in [5, 5.41) is 2.73. The number of ether oxygens (including phenoxy) is 1. The summed E-state index contributed by atoms with van der Waals surface area (Å²) in [5.74, 6) is -1.07. The maximum atomic E-state index is 12.3. The van der Waals surface area contributed by atoms with E-state index in [0.717, 1.165) is 22.3 Å². The molecule has 5 nitrogen and oxygen atoms in total. The number of ketones is 1. The lowest BCUT2D eigenvalue weighted by Gasteiger charge is -2.10. The lowest BCUT2D eigenvalue weighted by atomic mass is 9.99. The number of benzene rings is 2. The van der Waals surface area contributed by atoms with Crippen LogP contribution in [0.1, 0.15) is 45.5 Å². The molecule has 1 amide bonds. The molecule has 2 aromatic rings. The molecule has 0 aliphatic carbocycles. The number of hydrogen-bond donors (Lipinski definition) is 1. The first-order chi connectivity index (χ1) is 12.8. The molecule has 27 heavy (non-hydrogen) atoms. The van der Waals surface area contributed by atoms with Crippen molar-refractivity contribution in [2.24, 2.45) is 0 Å². The van der Waals surface area contributed by atoms with Crippen molar-refractivity contribution < 1.29 is 19.1 Å². The van der Waals surface area contributed by atoms with Gasteiger partial charge in [-0.05, 0) is 56.5 Å². The van der Waals surface area contributed by atoms with Crippen molar-refractivity contribution >= 4 is 23.3 Å². The van der Waals surface area contributed by atoms with Gasteiger partial charge in [0.2, 0.25) is 0 Å². The van der Waals surface area contributed by atoms with Crippen LogP contribution < -0.4 is 5.32 Å². The zero-order valence-electron chi connectivity index (χ0n) is 16.2. The molecule has 0 radical (unpaired) electrons. The van der Waals surface area contributed by atoms with Gasteiger partial charge in [-0.2, -0.15) is 0 Å². The molecule has 0 aromatic heterocycles. The van der Waals surface area contributed by atoms with Gasteiger partial charge in [-0.15, -0.1) is 0 Å². The summed E-state index contributed by atoms with van der Waals surface area (Å²) in [6.07, 6.45) is 0.00466. The highest BCUT2D eigenvalue weighted by Crippen LogP contribution is 2.16. The van der Waals surface area contributed by atoms with Gasteiger partial charge >= 0.3 is 5.97 Å². The molecule has 2 rings (SSSR count). The summed E-state index contributed by atoms with van der Waals surface area (Å²) in [6.45, 7) is 7.23.